The van der Waals surface area contributed by atoms with Crippen LogP contribution >= 0.6 is 0 Å². The van der Waals surface area contributed by atoms with Crippen molar-refractivity contribution >= 4 is 17.2 Å². The predicted molar refractivity (Wildman–Crippen MR) is 87.6 cm³/mol. The first-order valence-electron chi connectivity index (χ1n) is 7.21. The second kappa shape index (κ2) is 6.36. The number of allylic oxidation sites excluding steroid dienone is 1. The molecule has 5 heteroatoms. The molecule has 0 spiro atoms. The number of nitro benzene ring substituents is 1. The van der Waals surface area contributed by atoms with Gasteiger partial charge in [0.25, 0.3) is 5.69 Å². The topological polar surface area (TPSA) is 72.6 Å². The summed E-state index contributed by atoms with van der Waals surface area (Å²) < 4.78 is 0. The number of nitrogens with zero attached hydrogens (tertiary/aromatic N) is 2. The lowest BCUT2D eigenvalue weighted by molar-refractivity contribution is -0.384. The van der Waals surface area contributed by atoms with Crippen LogP contribution < -0.4 is 0 Å². The number of aliphatic imine (C=N–C) groups is 1. The van der Waals surface area contributed by atoms with Crippen molar-refractivity contribution < 1.29 is 9.72 Å². The third-order valence-corrected chi connectivity index (χ3v) is 3.73. The molecule has 5 nitrogen and oxygen atoms in total. The zero-order chi connectivity index (χ0) is 16.2. The normalized spacial score (nSPS) is 17.0. The molecule has 1 heterocycles. The highest BCUT2D eigenvalue weighted by molar-refractivity contribution is 6.43. The van der Waals surface area contributed by atoms with Crippen molar-refractivity contribution in [3.8, 4) is 0 Å². The van der Waals surface area contributed by atoms with Gasteiger partial charge in [-0.25, -0.2) is 0 Å². The fourth-order valence-corrected chi connectivity index (χ4v) is 2.57. The van der Waals surface area contributed by atoms with E-state index in [1.807, 2.05) is 30.3 Å². The summed E-state index contributed by atoms with van der Waals surface area (Å²) in [6.45, 7) is 0. The van der Waals surface area contributed by atoms with Crippen molar-refractivity contribution in [2.24, 2.45) is 4.99 Å². The number of hydrogen-bond donors (Lipinski definition) is 0. The number of rotatable bonds is 4. The molecule has 0 bridgehead atoms. The van der Waals surface area contributed by atoms with Crippen LogP contribution in [0.2, 0.25) is 0 Å². The maximum absolute atomic E-state index is 12.7. The summed E-state index contributed by atoms with van der Waals surface area (Å²) in [6.07, 6.45) is 3.73. The summed E-state index contributed by atoms with van der Waals surface area (Å²) in [5.74, 6) is -0.636. The van der Waals surface area contributed by atoms with E-state index < -0.39 is 10.8 Å². The zero-order valence-electron chi connectivity index (χ0n) is 12.3. The molecule has 0 radical (unpaired) electrons. The van der Waals surface area contributed by atoms with E-state index in [1.165, 1.54) is 12.1 Å². The Balaban J connectivity index is 1.85. The first-order chi connectivity index (χ1) is 11.1. The molecule has 0 N–H and O–H groups in total. The molecule has 2 aromatic rings. The number of non-ortho nitro benzene ring substituents is 1. The van der Waals surface area contributed by atoms with Crippen LogP contribution in [-0.4, -0.2) is 16.4 Å². The minimum atomic E-state index is -0.522. The van der Waals surface area contributed by atoms with Gasteiger partial charge in [-0.15, -0.1) is 0 Å². The summed E-state index contributed by atoms with van der Waals surface area (Å²) >= 11 is 0. The van der Waals surface area contributed by atoms with E-state index in [2.05, 4.69) is 4.99 Å². The highest BCUT2D eigenvalue weighted by Gasteiger charge is 2.26. The summed E-state index contributed by atoms with van der Waals surface area (Å²) in [5, 5.41) is 10.9. The van der Waals surface area contributed by atoms with Crippen molar-refractivity contribution in [3.63, 3.8) is 0 Å². The number of nitro groups is 1. The van der Waals surface area contributed by atoms with Crippen molar-refractivity contribution in [1.29, 1.82) is 0 Å². The SMILES string of the molecule is O=C1C(Cc2ccccc2)=NC=CC1c1cccc([N+](=O)[O-])c1. The van der Waals surface area contributed by atoms with Crippen molar-refractivity contribution in [2.75, 3.05) is 0 Å². The third kappa shape index (κ3) is 3.23. The largest absolute Gasteiger partial charge is 0.292 e. The van der Waals surface area contributed by atoms with Gasteiger partial charge < -0.3 is 0 Å². The van der Waals surface area contributed by atoms with Crippen LogP contribution in [0.3, 0.4) is 0 Å². The average Bonchev–Trinajstić information content (AvgIpc) is 2.58. The lowest BCUT2D eigenvalue weighted by Gasteiger charge is -2.16. The number of carbonyl (C=O) groups is 1. The van der Waals surface area contributed by atoms with E-state index in [4.69, 9.17) is 0 Å². The van der Waals surface area contributed by atoms with E-state index in [9.17, 15) is 14.9 Å². The van der Waals surface area contributed by atoms with E-state index in [-0.39, 0.29) is 11.5 Å². The Bertz CT molecular complexity index is 810. The molecule has 0 saturated heterocycles. The van der Waals surface area contributed by atoms with Gasteiger partial charge in [0.05, 0.1) is 16.6 Å². The first kappa shape index (κ1) is 14.8. The molecule has 114 valence electrons. The molecule has 0 amide bonds. The van der Waals surface area contributed by atoms with Gasteiger partial charge in [0.1, 0.15) is 0 Å². The minimum absolute atomic E-state index is 0.0178. The molecule has 1 atom stereocenters. The molecule has 0 aromatic heterocycles. The van der Waals surface area contributed by atoms with Crippen molar-refractivity contribution in [1.82, 2.24) is 0 Å². The quantitative estimate of drug-likeness (QED) is 0.641. The maximum Gasteiger partial charge on any atom is 0.269 e. The molecule has 2 aromatic carbocycles. The van der Waals surface area contributed by atoms with Gasteiger partial charge in [0.2, 0.25) is 0 Å². The number of carbonyl (C=O) groups excluding carboxylic acids is 1. The van der Waals surface area contributed by atoms with Crippen molar-refractivity contribution in [2.45, 2.75) is 12.3 Å². The Morgan fingerprint density at radius 2 is 1.87 bits per heavy atom. The van der Waals surface area contributed by atoms with E-state index in [1.54, 1.807) is 24.4 Å². The van der Waals surface area contributed by atoms with Crippen LogP contribution in [0.15, 0.2) is 71.9 Å². The zero-order valence-corrected chi connectivity index (χ0v) is 12.3. The summed E-state index contributed by atoms with van der Waals surface area (Å²) in [4.78, 5) is 27.3. The molecular formula is C18H14N2O3. The van der Waals surface area contributed by atoms with Gasteiger partial charge in [0.15, 0.2) is 5.78 Å². The Kier molecular flexibility index (Phi) is 4.10. The highest BCUT2D eigenvalue weighted by Crippen LogP contribution is 2.26. The first-order valence-corrected chi connectivity index (χ1v) is 7.21. The summed E-state index contributed by atoms with van der Waals surface area (Å²) in [7, 11) is 0. The maximum atomic E-state index is 12.7. The number of ketones is 1. The van der Waals surface area contributed by atoms with Crippen LogP contribution in [0, 0.1) is 10.1 Å². The number of hydrogen-bond acceptors (Lipinski definition) is 4. The molecule has 1 aliphatic heterocycles. The van der Waals surface area contributed by atoms with E-state index in [0.717, 1.165) is 5.56 Å². The van der Waals surface area contributed by atoms with E-state index >= 15 is 0 Å². The molecule has 0 aliphatic carbocycles. The second-order valence-electron chi connectivity index (χ2n) is 5.27. The molecule has 1 unspecified atom stereocenters. The Hall–Kier alpha value is -3.08. The van der Waals surface area contributed by atoms with Gasteiger partial charge >= 0.3 is 0 Å². The number of benzene rings is 2. The van der Waals surface area contributed by atoms with Gasteiger partial charge in [-0.1, -0.05) is 48.5 Å². The van der Waals surface area contributed by atoms with Gasteiger partial charge in [-0.2, -0.15) is 0 Å². The standard InChI is InChI=1S/C18H14N2O3/c21-18-16(14-7-4-8-15(12-14)20(22)23)9-10-19-17(18)11-13-5-2-1-3-6-13/h1-10,12,16H,11H2. The van der Waals surface area contributed by atoms with Crippen molar-refractivity contribution in [3.05, 3.63) is 88.1 Å². The molecule has 3 rings (SSSR count). The molecule has 23 heavy (non-hydrogen) atoms. The lowest BCUT2D eigenvalue weighted by atomic mass is 9.88. The molecule has 1 aliphatic rings. The monoisotopic (exact) mass is 306 g/mol. The predicted octanol–water partition coefficient (Wildman–Crippen LogP) is 3.46. The fraction of sp³-hybridized carbons (Fsp3) is 0.111. The van der Waals surface area contributed by atoms with Crippen LogP contribution in [0.5, 0.6) is 0 Å². The van der Waals surface area contributed by atoms with Crippen LogP contribution in [0.25, 0.3) is 0 Å². The van der Waals surface area contributed by atoms with E-state index in [0.29, 0.717) is 17.7 Å². The Morgan fingerprint density at radius 3 is 2.61 bits per heavy atom. The summed E-state index contributed by atoms with van der Waals surface area (Å²) in [6, 6.07) is 15.8. The van der Waals surface area contributed by atoms with Crippen LogP contribution in [0.1, 0.15) is 17.0 Å². The second-order valence-corrected chi connectivity index (χ2v) is 5.27. The minimum Gasteiger partial charge on any atom is -0.292 e. The smallest absolute Gasteiger partial charge is 0.269 e. The highest BCUT2D eigenvalue weighted by atomic mass is 16.6. The molecule has 0 fully saturated rings. The average molecular weight is 306 g/mol. The van der Waals surface area contributed by atoms with Gasteiger partial charge in [-0.05, 0) is 11.1 Å². The lowest BCUT2D eigenvalue weighted by Crippen LogP contribution is -2.25. The Morgan fingerprint density at radius 1 is 1.09 bits per heavy atom. The molecule has 0 saturated carbocycles. The fourth-order valence-electron chi connectivity index (χ4n) is 2.57. The Labute approximate surface area is 133 Å². The third-order valence-electron chi connectivity index (χ3n) is 3.73. The van der Waals surface area contributed by atoms with Crippen LogP contribution in [0.4, 0.5) is 5.69 Å². The van der Waals surface area contributed by atoms with Crippen LogP contribution in [-0.2, 0) is 11.2 Å². The summed E-state index contributed by atoms with van der Waals surface area (Å²) in [5.41, 5.74) is 2.07. The number of Topliss-reactive ketones (excluding diaryl/α,β-unsaturated/α-hetero) is 1. The van der Waals surface area contributed by atoms with Gasteiger partial charge in [0, 0.05) is 24.8 Å². The molecular weight excluding hydrogens is 292 g/mol. The van der Waals surface area contributed by atoms with Gasteiger partial charge in [-0.3, -0.25) is 19.9 Å².